The highest BCUT2D eigenvalue weighted by Gasteiger charge is 2.32. The van der Waals surface area contributed by atoms with E-state index in [1.807, 2.05) is 0 Å². The van der Waals surface area contributed by atoms with E-state index in [0.717, 1.165) is 58.2 Å². The zero-order valence-corrected chi connectivity index (χ0v) is 14.9. The molecule has 2 heterocycles. The second kappa shape index (κ2) is 7.23. The minimum Gasteiger partial charge on any atom is -0.378 e. The van der Waals surface area contributed by atoms with Crippen molar-refractivity contribution in [3.8, 4) is 0 Å². The Bertz CT molecular complexity index is 690. The van der Waals surface area contributed by atoms with E-state index in [2.05, 4.69) is 10.2 Å². The summed E-state index contributed by atoms with van der Waals surface area (Å²) in [6.07, 6.45) is 6.60. The lowest BCUT2D eigenvalue weighted by Crippen LogP contribution is -2.38. The van der Waals surface area contributed by atoms with Crippen LogP contribution in [0.2, 0.25) is 0 Å². The van der Waals surface area contributed by atoms with Gasteiger partial charge in [-0.1, -0.05) is 0 Å². The number of piperidine rings is 1. The molecule has 1 aromatic rings. The smallest absolute Gasteiger partial charge is 0.293 e. The van der Waals surface area contributed by atoms with Crippen molar-refractivity contribution < 1.29 is 14.5 Å². The number of hydrogen-bond acceptors (Lipinski definition) is 5. The fourth-order valence-electron chi connectivity index (χ4n) is 4.06. The number of nitro benzene ring substituents is 1. The molecule has 1 amide bonds. The number of hydrogen-bond donors (Lipinski definition) is 1. The zero-order chi connectivity index (χ0) is 18.1. The summed E-state index contributed by atoms with van der Waals surface area (Å²) in [5.74, 6) is 0.329. The molecule has 140 valence electrons. The normalized spacial score (nSPS) is 23.8. The molecule has 7 heteroatoms. The van der Waals surface area contributed by atoms with Crippen LogP contribution in [0.3, 0.4) is 0 Å². The summed E-state index contributed by atoms with van der Waals surface area (Å²) in [5.41, 5.74) is 0.995. The van der Waals surface area contributed by atoms with Crippen molar-refractivity contribution in [2.24, 2.45) is 5.92 Å². The predicted octanol–water partition coefficient (Wildman–Crippen LogP) is 2.88. The van der Waals surface area contributed by atoms with E-state index >= 15 is 0 Å². The van der Waals surface area contributed by atoms with Gasteiger partial charge in [0.05, 0.1) is 11.0 Å². The topological polar surface area (TPSA) is 84.7 Å². The number of anilines is 1. The number of benzene rings is 1. The molecular formula is C19H25N3O4. The van der Waals surface area contributed by atoms with E-state index in [0.29, 0.717) is 23.3 Å². The molecule has 1 aromatic carbocycles. The van der Waals surface area contributed by atoms with Crippen LogP contribution in [0, 0.1) is 16.0 Å². The first-order valence-corrected chi connectivity index (χ1v) is 9.57. The number of rotatable bonds is 5. The largest absolute Gasteiger partial charge is 0.378 e. The van der Waals surface area contributed by atoms with Crippen LogP contribution >= 0.6 is 0 Å². The number of nitro groups is 1. The lowest BCUT2D eigenvalue weighted by molar-refractivity contribution is -0.384. The Hall–Kier alpha value is -2.15. The van der Waals surface area contributed by atoms with Crippen molar-refractivity contribution >= 4 is 17.3 Å². The maximum Gasteiger partial charge on any atom is 0.293 e. The van der Waals surface area contributed by atoms with E-state index in [9.17, 15) is 14.9 Å². The van der Waals surface area contributed by atoms with Crippen molar-refractivity contribution in [1.82, 2.24) is 5.32 Å². The zero-order valence-electron chi connectivity index (χ0n) is 14.9. The van der Waals surface area contributed by atoms with Crippen molar-refractivity contribution in [1.29, 1.82) is 0 Å². The molecule has 0 bridgehead atoms. The first kappa shape index (κ1) is 17.3. The van der Waals surface area contributed by atoms with Gasteiger partial charge in [-0.3, -0.25) is 14.9 Å². The number of carbonyl (C=O) groups is 1. The molecule has 0 spiro atoms. The summed E-state index contributed by atoms with van der Waals surface area (Å²) in [6, 6.07) is 5.08. The Morgan fingerprint density at radius 1 is 1.19 bits per heavy atom. The molecule has 0 aromatic heterocycles. The Morgan fingerprint density at radius 2 is 1.96 bits per heavy atom. The Morgan fingerprint density at radius 3 is 2.58 bits per heavy atom. The molecule has 3 aliphatic rings. The van der Waals surface area contributed by atoms with Crippen molar-refractivity contribution in [2.45, 2.75) is 50.7 Å². The fraction of sp³-hybridized carbons (Fsp3) is 0.632. The molecule has 2 saturated heterocycles. The van der Waals surface area contributed by atoms with Crippen LogP contribution in [0.1, 0.15) is 48.9 Å². The highest BCUT2D eigenvalue weighted by atomic mass is 16.6. The van der Waals surface area contributed by atoms with Gasteiger partial charge in [0, 0.05) is 37.4 Å². The highest BCUT2D eigenvalue weighted by Crippen LogP contribution is 2.35. The lowest BCUT2D eigenvalue weighted by atomic mass is 9.89. The number of amides is 1. The molecule has 1 atom stereocenters. The summed E-state index contributed by atoms with van der Waals surface area (Å²) in [7, 11) is 0. The molecule has 1 aliphatic carbocycles. The van der Waals surface area contributed by atoms with E-state index in [1.165, 1.54) is 6.07 Å². The maximum absolute atomic E-state index is 12.2. The fourth-order valence-corrected chi connectivity index (χ4v) is 4.06. The minimum atomic E-state index is -0.380. The molecule has 4 rings (SSSR count). The van der Waals surface area contributed by atoms with E-state index in [-0.39, 0.29) is 22.6 Å². The molecule has 1 N–H and O–H groups in total. The standard InChI is InChI=1S/C19H25N3O4/c23-19(20-15-4-5-15)14-3-6-16(17(12-14)22(24)25)21-9-7-13(8-10-21)18-2-1-11-26-18/h3,6,12-13,15,18H,1-2,4-5,7-11H2,(H,20,23). The van der Waals surface area contributed by atoms with Crippen molar-refractivity contribution in [3.05, 3.63) is 33.9 Å². The van der Waals surface area contributed by atoms with Gasteiger partial charge in [-0.05, 0) is 56.6 Å². The van der Waals surface area contributed by atoms with E-state index in [4.69, 9.17) is 4.74 Å². The molecule has 26 heavy (non-hydrogen) atoms. The summed E-state index contributed by atoms with van der Waals surface area (Å²) in [6.45, 7) is 2.44. The van der Waals surface area contributed by atoms with Gasteiger partial charge in [-0.15, -0.1) is 0 Å². The van der Waals surface area contributed by atoms with Crippen LogP contribution in [0.15, 0.2) is 18.2 Å². The quantitative estimate of drug-likeness (QED) is 0.645. The lowest BCUT2D eigenvalue weighted by Gasteiger charge is -2.35. The van der Waals surface area contributed by atoms with Gasteiger partial charge in [0.25, 0.3) is 11.6 Å². The number of carbonyl (C=O) groups excluding carboxylic acids is 1. The van der Waals surface area contributed by atoms with Crippen LogP contribution in [0.25, 0.3) is 0 Å². The second-order valence-corrected chi connectivity index (χ2v) is 7.58. The highest BCUT2D eigenvalue weighted by molar-refractivity contribution is 5.96. The Kier molecular flexibility index (Phi) is 4.80. The van der Waals surface area contributed by atoms with Crippen LogP contribution in [0.4, 0.5) is 11.4 Å². The van der Waals surface area contributed by atoms with E-state index < -0.39 is 0 Å². The van der Waals surface area contributed by atoms with Gasteiger partial charge >= 0.3 is 0 Å². The van der Waals surface area contributed by atoms with Gasteiger partial charge in [-0.25, -0.2) is 0 Å². The number of nitrogens with zero attached hydrogens (tertiary/aromatic N) is 2. The first-order valence-electron chi connectivity index (χ1n) is 9.57. The predicted molar refractivity (Wildman–Crippen MR) is 97.5 cm³/mol. The summed E-state index contributed by atoms with van der Waals surface area (Å²) >= 11 is 0. The molecule has 2 aliphatic heterocycles. The average molecular weight is 359 g/mol. The maximum atomic E-state index is 12.2. The van der Waals surface area contributed by atoms with Crippen LogP contribution in [0.5, 0.6) is 0 Å². The van der Waals surface area contributed by atoms with Gasteiger partial charge in [-0.2, -0.15) is 0 Å². The molecule has 3 fully saturated rings. The molecule has 1 unspecified atom stereocenters. The van der Waals surface area contributed by atoms with Gasteiger partial charge < -0.3 is 15.0 Å². The molecule has 0 radical (unpaired) electrons. The third kappa shape index (κ3) is 3.67. The third-order valence-electron chi connectivity index (χ3n) is 5.72. The Balaban J connectivity index is 1.47. The SMILES string of the molecule is O=C(NC1CC1)c1ccc(N2CCC(C3CCCO3)CC2)c([N+](=O)[O-])c1. The van der Waals surface area contributed by atoms with Crippen LogP contribution in [-0.2, 0) is 4.74 Å². The molecule has 1 saturated carbocycles. The number of ether oxygens (including phenoxy) is 1. The summed E-state index contributed by atoms with van der Waals surface area (Å²) < 4.78 is 5.80. The molecule has 7 nitrogen and oxygen atoms in total. The third-order valence-corrected chi connectivity index (χ3v) is 5.72. The number of nitrogens with one attached hydrogen (secondary N) is 1. The van der Waals surface area contributed by atoms with Crippen molar-refractivity contribution in [3.63, 3.8) is 0 Å². The van der Waals surface area contributed by atoms with Crippen molar-refractivity contribution in [2.75, 3.05) is 24.6 Å². The average Bonchev–Trinajstić information content (AvgIpc) is 3.30. The monoisotopic (exact) mass is 359 g/mol. The summed E-state index contributed by atoms with van der Waals surface area (Å²) in [5, 5.41) is 14.5. The molecular weight excluding hydrogens is 334 g/mol. The van der Waals surface area contributed by atoms with E-state index in [1.54, 1.807) is 12.1 Å². The minimum absolute atomic E-state index is 0.0176. The van der Waals surface area contributed by atoms with Crippen LogP contribution < -0.4 is 10.2 Å². The van der Waals surface area contributed by atoms with Crippen LogP contribution in [-0.4, -0.2) is 42.7 Å². The first-order chi connectivity index (χ1) is 12.6. The second-order valence-electron chi connectivity index (χ2n) is 7.58. The van der Waals surface area contributed by atoms with Gasteiger partial charge in [0.15, 0.2) is 0 Å². The van der Waals surface area contributed by atoms with Gasteiger partial charge in [0.1, 0.15) is 5.69 Å². The Labute approximate surface area is 152 Å². The van der Waals surface area contributed by atoms with Gasteiger partial charge in [0.2, 0.25) is 0 Å². The summed E-state index contributed by atoms with van der Waals surface area (Å²) in [4.78, 5) is 25.5.